The van der Waals surface area contributed by atoms with E-state index in [4.69, 9.17) is 0 Å². The number of anilines is 1. The molecular weight excluding hydrogens is 258 g/mol. The Bertz CT molecular complexity index is 592. The average Bonchev–Trinajstić information content (AvgIpc) is 2.82. The van der Waals surface area contributed by atoms with Crippen LogP contribution in [-0.4, -0.2) is 17.9 Å². The lowest BCUT2D eigenvalue weighted by atomic mass is 10.1. The Hall–Kier alpha value is -1.88. The Balaban J connectivity index is 2.12. The topological polar surface area (TPSA) is 54.0 Å². The maximum absolute atomic E-state index is 11.6. The Morgan fingerprint density at radius 1 is 1.37 bits per heavy atom. The van der Waals surface area contributed by atoms with Crippen molar-refractivity contribution in [2.24, 2.45) is 0 Å². The van der Waals surface area contributed by atoms with Crippen LogP contribution in [0.1, 0.15) is 25.8 Å². The van der Waals surface area contributed by atoms with Gasteiger partial charge in [-0.3, -0.25) is 4.79 Å². The van der Waals surface area contributed by atoms with Gasteiger partial charge in [-0.05, 0) is 31.5 Å². The fourth-order valence-electron chi connectivity index (χ4n) is 1.77. The molecule has 0 atom stereocenters. The molecule has 1 aromatic heterocycles. The number of amides is 1. The Morgan fingerprint density at radius 3 is 2.79 bits per heavy atom. The standard InChI is InChI=1S/C14H17N3OS/c1-9-4-5-11(14(18)15-3)6-13(9)17-8-12-7-16-10(2)19-12/h4-7,17H,8H2,1-3H3,(H,15,18). The average molecular weight is 275 g/mol. The SMILES string of the molecule is CNC(=O)c1ccc(C)c(NCc2cnc(C)s2)c1. The van der Waals surface area contributed by atoms with Crippen molar-refractivity contribution in [2.75, 3.05) is 12.4 Å². The molecule has 0 saturated carbocycles. The molecule has 2 rings (SSSR count). The molecule has 0 aliphatic carbocycles. The number of nitrogens with zero attached hydrogens (tertiary/aromatic N) is 1. The molecule has 1 amide bonds. The number of rotatable bonds is 4. The maximum Gasteiger partial charge on any atom is 0.251 e. The van der Waals surface area contributed by atoms with Gasteiger partial charge < -0.3 is 10.6 Å². The van der Waals surface area contributed by atoms with Crippen molar-refractivity contribution in [3.05, 3.63) is 45.4 Å². The molecule has 0 fully saturated rings. The summed E-state index contributed by atoms with van der Waals surface area (Å²) in [5, 5.41) is 7.05. The lowest BCUT2D eigenvalue weighted by Crippen LogP contribution is -2.18. The van der Waals surface area contributed by atoms with E-state index in [0.29, 0.717) is 5.56 Å². The van der Waals surface area contributed by atoms with Gasteiger partial charge in [0.1, 0.15) is 0 Å². The van der Waals surface area contributed by atoms with Gasteiger partial charge in [0, 0.05) is 29.4 Å². The van der Waals surface area contributed by atoms with Crippen LogP contribution < -0.4 is 10.6 Å². The molecule has 2 N–H and O–H groups in total. The van der Waals surface area contributed by atoms with E-state index in [0.717, 1.165) is 22.8 Å². The molecule has 1 heterocycles. The molecule has 0 saturated heterocycles. The molecule has 0 unspecified atom stereocenters. The summed E-state index contributed by atoms with van der Waals surface area (Å²) >= 11 is 1.67. The van der Waals surface area contributed by atoms with Crippen LogP contribution in [0.5, 0.6) is 0 Å². The van der Waals surface area contributed by atoms with E-state index >= 15 is 0 Å². The largest absolute Gasteiger partial charge is 0.380 e. The van der Waals surface area contributed by atoms with Crippen LogP contribution in [0, 0.1) is 13.8 Å². The van der Waals surface area contributed by atoms with E-state index in [-0.39, 0.29) is 5.91 Å². The van der Waals surface area contributed by atoms with Crippen LogP contribution in [0.25, 0.3) is 0 Å². The molecule has 0 radical (unpaired) electrons. The van der Waals surface area contributed by atoms with Crippen LogP contribution in [-0.2, 0) is 6.54 Å². The first-order chi connectivity index (χ1) is 9.10. The Kier molecular flexibility index (Phi) is 4.16. The first-order valence-corrected chi connectivity index (χ1v) is 6.89. The molecule has 1 aromatic carbocycles. The number of carbonyl (C=O) groups is 1. The van der Waals surface area contributed by atoms with Crippen molar-refractivity contribution >= 4 is 22.9 Å². The van der Waals surface area contributed by atoms with Crippen LogP contribution >= 0.6 is 11.3 Å². The summed E-state index contributed by atoms with van der Waals surface area (Å²) in [7, 11) is 1.63. The summed E-state index contributed by atoms with van der Waals surface area (Å²) in [5.74, 6) is -0.0725. The molecule has 0 aliphatic rings. The molecule has 0 spiro atoms. The quantitative estimate of drug-likeness (QED) is 0.902. The molecule has 0 bridgehead atoms. The van der Waals surface area contributed by atoms with Gasteiger partial charge in [0.05, 0.1) is 11.6 Å². The predicted octanol–water partition coefficient (Wildman–Crippen LogP) is 2.73. The van der Waals surface area contributed by atoms with Crippen LogP contribution in [0.2, 0.25) is 0 Å². The highest BCUT2D eigenvalue weighted by molar-refractivity contribution is 7.11. The van der Waals surface area contributed by atoms with E-state index in [1.54, 1.807) is 18.4 Å². The van der Waals surface area contributed by atoms with Crippen molar-refractivity contribution in [3.8, 4) is 0 Å². The third-order valence-electron chi connectivity index (χ3n) is 2.85. The van der Waals surface area contributed by atoms with Gasteiger partial charge in [-0.15, -0.1) is 11.3 Å². The van der Waals surface area contributed by atoms with Gasteiger partial charge in [-0.2, -0.15) is 0 Å². The van der Waals surface area contributed by atoms with Crippen LogP contribution in [0.4, 0.5) is 5.69 Å². The molecule has 0 aliphatic heterocycles. The minimum absolute atomic E-state index is 0.0725. The molecule has 5 heteroatoms. The number of nitrogens with one attached hydrogen (secondary N) is 2. The summed E-state index contributed by atoms with van der Waals surface area (Å²) in [5.41, 5.74) is 2.76. The number of thiazole rings is 1. The van der Waals surface area contributed by atoms with E-state index in [2.05, 4.69) is 15.6 Å². The zero-order valence-electron chi connectivity index (χ0n) is 11.3. The zero-order chi connectivity index (χ0) is 13.8. The van der Waals surface area contributed by atoms with Gasteiger partial charge in [0.25, 0.3) is 5.91 Å². The molecule has 100 valence electrons. The number of benzene rings is 1. The van der Waals surface area contributed by atoms with Crippen molar-refractivity contribution < 1.29 is 4.79 Å². The number of hydrogen-bond acceptors (Lipinski definition) is 4. The van der Waals surface area contributed by atoms with Gasteiger partial charge in [-0.25, -0.2) is 4.98 Å². The fraction of sp³-hybridized carbons (Fsp3) is 0.286. The molecule has 4 nitrogen and oxygen atoms in total. The minimum Gasteiger partial charge on any atom is -0.380 e. The normalized spacial score (nSPS) is 10.3. The van der Waals surface area contributed by atoms with Crippen molar-refractivity contribution in [3.63, 3.8) is 0 Å². The highest BCUT2D eigenvalue weighted by Gasteiger charge is 2.06. The first-order valence-electron chi connectivity index (χ1n) is 6.08. The zero-order valence-corrected chi connectivity index (χ0v) is 12.1. The number of carbonyl (C=O) groups excluding carboxylic acids is 1. The number of aryl methyl sites for hydroxylation is 2. The monoisotopic (exact) mass is 275 g/mol. The smallest absolute Gasteiger partial charge is 0.251 e. The molecular formula is C14H17N3OS. The lowest BCUT2D eigenvalue weighted by Gasteiger charge is -2.10. The van der Waals surface area contributed by atoms with Crippen molar-refractivity contribution in [1.29, 1.82) is 0 Å². The summed E-state index contributed by atoms with van der Waals surface area (Å²) in [6.45, 7) is 4.74. The van der Waals surface area contributed by atoms with Crippen LogP contribution in [0.3, 0.4) is 0 Å². The highest BCUT2D eigenvalue weighted by atomic mass is 32.1. The van der Waals surface area contributed by atoms with Crippen LogP contribution in [0.15, 0.2) is 24.4 Å². The lowest BCUT2D eigenvalue weighted by molar-refractivity contribution is 0.0963. The summed E-state index contributed by atoms with van der Waals surface area (Å²) in [6.07, 6.45) is 1.88. The third kappa shape index (κ3) is 3.32. The van der Waals surface area contributed by atoms with E-state index in [1.165, 1.54) is 4.88 Å². The molecule has 2 aromatic rings. The number of hydrogen-bond donors (Lipinski definition) is 2. The summed E-state index contributed by atoms with van der Waals surface area (Å²) in [6, 6.07) is 5.66. The maximum atomic E-state index is 11.6. The second-order valence-corrected chi connectivity index (χ2v) is 5.63. The van der Waals surface area contributed by atoms with E-state index in [9.17, 15) is 4.79 Å². The van der Waals surface area contributed by atoms with E-state index < -0.39 is 0 Å². The third-order valence-corrected chi connectivity index (χ3v) is 3.76. The predicted molar refractivity (Wildman–Crippen MR) is 78.7 cm³/mol. The second kappa shape index (κ2) is 5.84. The summed E-state index contributed by atoms with van der Waals surface area (Å²) < 4.78 is 0. The molecule has 19 heavy (non-hydrogen) atoms. The van der Waals surface area contributed by atoms with E-state index in [1.807, 2.05) is 38.2 Å². The van der Waals surface area contributed by atoms with Gasteiger partial charge >= 0.3 is 0 Å². The Morgan fingerprint density at radius 2 is 2.16 bits per heavy atom. The fourth-order valence-corrected chi connectivity index (χ4v) is 2.50. The number of aromatic nitrogens is 1. The van der Waals surface area contributed by atoms with Gasteiger partial charge in [-0.1, -0.05) is 6.07 Å². The summed E-state index contributed by atoms with van der Waals surface area (Å²) in [4.78, 5) is 17.0. The Labute approximate surface area is 116 Å². The first kappa shape index (κ1) is 13.5. The minimum atomic E-state index is -0.0725. The van der Waals surface area contributed by atoms with Gasteiger partial charge in [0.15, 0.2) is 0 Å². The second-order valence-electron chi connectivity index (χ2n) is 4.31. The van der Waals surface area contributed by atoms with Gasteiger partial charge in [0.2, 0.25) is 0 Å². The van der Waals surface area contributed by atoms with Crippen molar-refractivity contribution in [2.45, 2.75) is 20.4 Å². The highest BCUT2D eigenvalue weighted by Crippen LogP contribution is 2.19. The van der Waals surface area contributed by atoms with Crippen molar-refractivity contribution in [1.82, 2.24) is 10.3 Å².